The number of piperidine rings is 1. The molecule has 2 aromatic carbocycles. The highest BCUT2D eigenvalue weighted by Gasteiger charge is 2.29. The zero-order chi connectivity index (χ0) is 23.1. The van der Waals surface area contributed by atoms with Crippen molar-refractivity contribution in [1.29, 1.82) is 0 Å². The highest BCUT2D eigenvalue weighted by atomic mass is 19.1. The summed E-state index contributed by atoms with van der Waals surface area (Å²) in [6.07, 6.45) is 7.32. The molecule has 2 N–H and O–H groups in total. The molecule has 4 nitrogen and oxygen atoms in total. The van der Waals surface area contributed by atoms with Gasteiger partial charge in [0, 0.05) is 43.3 Å². The number of fused-ring (bicyclic) bond motifs is 1. The lowest BCUT2D eigenvalue weighted by Crippen LogP contribution is -2.41. The second-order valence-electron chi connectivity index (χ2n) is 8.06. The van der Waals surface area contributed by atoms with Gasteiger partial charge in [0.2, 0.25) is 5.91 Å². The van der Waals surface area contributed by atoms with Crippen molar-refractivity contribution >= 4 is 16.8 Å². The van der Waals surface area contributed by atoms with Gasteiger partial charge in [-0.25, -0.2) is 13.2 Å². The molecule has 0 radical (unpaired) electrons. The highest BCUT2D eigenvalue weighted by Crippen LogP contribution is 2.29. The third-order valence-corrected chi connectivity index (χ3v) is 5.92. The van der Waals surface area contributed by atoms with E-state index in [4.69, 9.17) is 5.11 Å². The lowest BCUT2D eigenvalue weighted by atomic mass is 9.84. The zero-order valence-electron chi connectivity index (χ0n) is 18.2. The fourth-order valence-corrected chi connectivity index (χ4v) is 3.98. The van der Waals surface area contributed by atoms with Crippen LogP contribution in [0.2, 0.25) is 0 Å². The molecule has 32 heavy (non-hydrogen) atoms. The largest absolute Gasteiger partial charge is 0.400 e. The molecule has 172 valence electrons. The first-order chi connectivity index (χ1) is 15.5. The Morgan fingerprint density at radius 1 is 0.906 bits per heavy atom. The van der Waals surface area contributed by atoms with E-state index >= 15 is 0 Å². The van der Waals surface area contributed by atoms with Crippen molar-refractivity contribution in [2.45, 2.75) is 38.5 Å². The van der Waals surface area contributed by atoms with Crippen LogP contribution in [-0.2, 0) is 4.79 Å². The summed E-state index contributed by atoms with van der Waals surface area (Å²) >= 11 is 0. The normalized spacial score (nSPS) is 15.8. The number of nitrogens with zero attached hydrogens (tertiary/aromatic N) is 1. The molecule has 1 saturated heterocycles. The van der Waals surface area contributed by atoms with Crippen molar-refractivity contribution in [2.75, 3.05) is 20.2 Å². The number of carbonyl (C=O) groups is 1. The summed E-state index contributed by atoms with van der Waals surface area (Å²) in [6, 6.07) is 9.50. The van der Waals surface area contributed by atoms with E-state index in [1.807, 2.05) is 0 Å². The van der Waals surface area contributed by atoms with Crippen LogP contribution >= 0.6 is 0 Å². The summed E-state index contributed by atoms with van der Waals surface area (Å²) in [5.41, 5.74) is 1.58. The first kappa shape index (κ1) is 23.9. The van der Waals surface area contributed by atoms with Crippen LogP contribution in [0.4, 0.5) is 13.2 Å². The van der Waals surface area contributed by atoms with Crippen LogP contribution in [-0.4, -0.2) is 41.1 Å². The molecule has 3 aromatic rings. The van der Waals surface area contributed by atoms with Gasteiger partial charge in [-0.2, -0.15) is 0 Å². The quantitative estimate of drug-likeness (QED) is 0.534. The van der Waals surface area contributed by atoms with Crippen molar-refractivity contribution in [3.8, 4) is 11.3 Å². The van der Waals surface area contributed by atoms with Gasteiger partial charge in [0.25, 0.3) is 0 Å². The van der Waals surface area contributed by atoms with Crippen LogP contribution in [0.15, 0.2) is 42.5 Å². The molecule has 5 rings (SSSR count). The third kappa shape index (κ3) is 5.71. The summed E-state index contributed by atoms with van der Waals surface area (Å²) < 4.78 is 39.4. The van der Waals surface area contributed by atoms with Gasteiger partial charge in [0.1, 0.15) is 17.5 Å². The summed E-state index contributed by atoms with van der Waals surface area (Å²) in [5, 5.41) is 7.45. The number of carbonyl (C=O) groups excluding carboxylic acids is 1. The fraction of sp³-hybridized carbons (Fsp3) is 0.400. The van der Waals surface area contributed by atoms with E-state index in [9.17, 15) is 18.0 Å². The van der Waals surface area contributed by atoms with Crippen molar-refractivity contribution in [2.24, 2.45) is 5.92 Å². The Bertz CT molecular complexity index is 1020. The van der Waals surface area contributed by atoms with E-state index < -0.39 is 11.6 Å². The van der Waals surface area contributed by atoms with Crippen LogP contribution in [0.1, 0.15) is 38.5 Å². The van der Waals surface area contributed by atoms with E-state index in [1.165, 1.54) is 43.9 Å². The number of H-pyrrole nitrogens is 1. The van der Waals surface area contributed by atoms with Gasteiger partial charge in [-0.3, -0.25) is 4.79 Å². The average molecular weight is 447 g/mol. The molecule has 0 atom stereocenters. The molecule has 2 fully saturated rings. The number of amides is 1. The highest BCUT2D eigenvalue weighted by molar-refractivity contribution is 5.86. The van der Waals surface area contributed by atoms with E-state index in [-0.39, 0.29) is 11.3 Å². The fourth-order valence-electron chi connectivity index (χ4n) is 3.98. The van der Waals surface area contributed by atoms with Crippen LogP contribution in [0, 0.1) is 23.4 Å². The number of benzene rings is 2. The predicted molar refractivity (Wildman–Crippen MR) is 120 cm³/mol. The average Bonchev–Trinajstić information content (AvgIpc) is 3.20. The number of halogens is 3. The molecular formula is C25H29F3N2O2. The standard InChI is InChI=1S/C14H8F3N.C10H17NO.CH4O/c15-10-3-1-8(2-4-10)13-6-9-5-11(16)7-12(17)14(9)18-13;12-10(9-5-4-6-9)11-7-2-1-3-8-11;1-2/h1-7,18H;9H,1-8H2;2H,1H3. The van der Waals surface area contributed by atoms with Gasteiger partial charge < -0.3 is 15.0 Å². The van der Waals surface area contributed by atoms with E-state index in [1.54, 1.807) is 18.2 Å². The Morgan fingerprint density at radius 3 is 2.16 bits per heavy atom. The first-order valence-corrected chi connectivity index (χ1v) is 11.0. The molecule has 2 heterocycles. The summed E-state index contributed by atoms with van der Waals surface area (Å²) in [4.78, 5) is 16.6. The van der Waals surface area contributed by atoms with Gasteiger partial charge in [-0.15, -0.1) is 0 Å². The Hall–Kier alpha value is -2.80. The molecule has 1 saturated carbocycles. The van der Waals surface area contributed by atoms with Gasteiger partial charge in [-0.1, -0.05) is 6.42 Å². The number of likely N-dealkylation sites (tertiary alicyclic amines) is 1. The van der Waals surface area contributed by atoms with Crippen LogP contribution in [0.3, 0.4) is 0 Å². The maximum absolute atomic E-state index is 13.5. The number of aromatic amines is 1. The lowest BCUT2D eigenvalue weighted by molar-refractivity contribution is -0.139. The van der Waals surface area contributed by atoms with Crippen molar-refractivity contribution in [3.63, 3.8) is 0 Å². The molecule has 0 bridgehead atoms. The SMILES string of the molecule is CO.Fc1ccc(-c2cc3cc(F)cc(F)c3[nH]2)cc1.O=C(C1CCC1)N1CCCCC1. The molecule has 0 spiro atoms. The van der Waals surface area contributed by atoms with Crippen molar-refractivity contribution < 1.29 is 23.1 Å². The third-order valence-electron chi connectivity index (χ3n) is 5.92. The number of aromatic nitrogens is 1. The summed E-state index contributed by atoms with van der Waals surface area (Å²) in [7, 11) is 1.00. The van der Waals surface area contributed by atoms with Crippen LogP contribution < -0.4 is 0 Å². The van der Waals surface area contributed by atoms with Crippen LogP contribution in [0.5, 0.6) is 0 Å². The monoisotopic (exact) mass is 446 g/mol. The first-order valence-electron chi connectivity index (χ1n) is 11.0. The van der Waals surface area contributed by atoms with E-state index in [0.29, 0.717) is 28.5 Å². The smallest absolute Gasteiger partial charge is 0.225 e. The summed E-state index contributed by atoms with van der Waals surface area (Å²) in [5.74, 6) is -0.751. The number of hydrogen-bond donors (Lipinski definition) is 2. The minimum absolute atomic E-state index is 0.246. The lowest BCUT2D eigenvalue weighted by Gasteiger charge is -2.33. The Labute approximate surface area is 186 Å². The van der Waals surface area contributed by atoms with Crippen molar-refractivity contribution in [3.05, 3.63) is 59.9 Å². The molecule has 1 amide bonds. The zero-order valence-corrected chi connectivity index (χ0v) is 18.2. The van der Waals surface area contributed by atoms with E-state index in [0.717, 1.165) is 39.1 Å². The topological polar surface area (TPSA) is 56.3 Å². The van der Waals surface area contributed by atoms with Crippen molar-refractivity contribution in [1.82, 2.24) is 9.88 Å². The number of aliphatic hydroxyl groups excluding tert-OH is 1. The minimum Gasteiger partial charge on any atom is -0.400 e. The molecule has 1 aliphatic heterocycles. The molecular weight excluding hydrogens is 417 g/mol. The molecule has 1 aliphatic carbocycles. The molecule has 1 aromatic heterocycles. The maximum Gasteiger partial charge on any atom is 0.225 e. The second kappa shape index (κ2) is 11.2. The van der Waals surface area contributed by atoms with Gasteiger partial charge in [0.05, 0.1) is 5.52 Å². The maximum atomic E-state index is 13.5. The number of hydrogen-bond acceptors (Lipinski definition) is 2. The Kier molecular flexibility index (Phi) is 8.33. The predicted octanol–water partition coefficient (Wildman–Crippen LogP) is 5.66. The number of aliphatic hydroxyl groups is 1. The van der Waals surface area contributed by atoms with E-state index in [2.05, 4.69) is 9.88 Å². The molecule has 2 aliphatic rings. The number of nitrogens with one attached hydrogen (secondary N) is 1. The Morgan fingerprint density at radius 2 is 1.56 bits per heavy atom. The van der Waals surface area contributed by atoms with Gasteiger partial charge in [-0.05, 0) is 74.1 Å². The Balaban J connectivity index is 0.000000180. The minimum atomic E-state index is -0.640. The summed E-state index contributed by atoms with van der Waals surface area (Å²) in [6.45, 7) is 2.05. The van der Waals surface area contributed by atoms with Gasteiger partial charge >= 0.3 is 0 Å². The van der Waals surface area contributed by atoms with Gasteiger partial charge in [0.15, 0.2) is 0 Å². The van der Waals surface area contributed by atoms with Crippen LogP contribution in [0.25, 0.3) is 22.2 Å². The second-order valence-corrected chi connectivity index (χ2v) is 8.06. The number of rotatable bonds is 2. The molecule has 0 unspecified atom stereocenters. The molecule has 7 heteroatoms.